The minimum atomic E-state index is -4.80. The molecule has 0 aliphatic heterocycles. The number of rotatable bonds is 5. The fourth-order valence-corrected chi connectivity index (χ4v) is 1.58. The fourth-order valence-electron chi connectivity index (χ4n) is 1.58. The standard InChI is InChI=1S/C13H17F3O3/c1-4-18-9-6-7-11(19-5-2)10(8-9)12(3,17)13(14,15)16/h6-8,17H,4-5H2,1-3H3. The predicted molar refractivity (Wildman–Crippen MR) is 64.4 cm³/mol. The molecule has 0 amide bonds. The van der Waals surface area contributed by atoms with Crippen molar-refractivity contribution in [3.05, 3.63) is 23.8 Å². The van der Waals surface area contributed by atoms with Gasteiger partial charge in [-0.2, -0.15) is 13.2 Å². The molecule has 0 aliphatic carbocycles. The quantitative estimate of drug-likeness (QED) is 0.898. The van der Waals surface area contributed by atoms with Gasteiger partial charge in [-0.25, -0.2) is 0 Å². The Bertz CT molecular complexity index is 428. The van der Waals surface area contributed by atoms with Crippen LogP contribution in [0, 0.1) is 0 Å². The first kappa shape index (κ1) is 15.6. The summed E-state index contributed by atoms with van der Waals surface area (Å²) in [5, 5.41) is 9.76. The van der Waals surface area contributed by atoms with Gasteiger partial charge >= 0.3 is 6.18 Å². The van der Waals surface area contributed by atoms with E-state index in [0.717, 1.165) is 6.07 Å². The highest BCUT2D eigenvalue weighted by atomic mass is 19.4. The van der Waals surface area contributed by atoms with Crippen molar-refractivity contribution in [2.45, 2.75) is 32.5 Å². The van der Waals surface area contributed by atoms with Crippen LogP contribution >= 0.6 is 0 Å². The molecule has 0 aromatic heterocycles. The molecule has 0 heterocycles. The van der Waals surface area contributed by atoms with Gasteiger partial charge in [0.1, 0.15) is 11.5 Å². The van der Waals surface area contributed by atoms with E-state index in [1.807, 2.05) is 0 Å². The van der Waals surface area contributed by atoms with Crippen LogP contribution in [0.5, 0.6) is 11.5 Å². The number of hydrogen-bond acceptors (Lipinski definition) is 3. The smallest absolute Gasteiger partial charge is 0.421 e. The molecule has 1 atom stereocenters. The third-order valence-corrected chi connectivity index (χ3v) is 2.64. The minimum absolute atomic E-state index is 0.00622. The van der Waals surface area contributed by atoms with Gasteiger partial charge in [-0.15, -0.1) is 0 Å². The molecule has 1 rings (SSSR count). The average molecular weight is 278 g/mol. The third-order valence-electron chi connectivity index (χ3n) is 2.64. The van der Waals surface area contributed by atoms with Crippen LogP contribution in [-0.4, -0.2) is 24.5 Å². The number of benzene rings is 1. The van der Waals surface area contributed by atoms with Gasteiger partial charge in [0.2, 0.25) is 0 Å². The molecule has 3 nitrogen and oxygen atoms in total. The molecule has 108 valence electrons. The summed E-state index contributed by atoms with van der Waals surface area (Å²) in [4.78, 5) is 0. The highest BCUT2D eigenvalue weighted by Crippen LogP contribution is 2.43. The van der Waals surface area contributed by atoms with Gasteiger partial charge in [-0.05, 0) is 39.0 Å². The van der Waals surface area contributed by atoms with E-state index in [1.54, 1.807) is 13.8 Å². The van der Waals surface area contributed by atoms with Crippen molar-refractivity contribution in [1.29, 1.82) is 0 Å². The number of aliphatic hydroxyl groups is 1. The van der Waals surface area contributed by atoms with Crippen LogP contribution in [0.4, 0.5) is 13.2 Å². The average Bonchev–Trinajstić information content (AvgIpc) is 2.30. The summed E-state index contributed by atoms with van der Waals surface area (Å²) < 4.78 is 49.0. The lowest BCUT2D eigenvalue weighted by atomic mass is 9.94. The van der Waals surface area contributed by atoms with Gasteiger partial charge in [-0.3, -0.25) is 0 Å². The monoisotopic (exact) mass is 278 g/mol. The van der Waals surface area contributed by atoms with Crippen molar-refractivity contribution in [2.24, 2.45) is 0 Å². The Morgan fingerprint density at radius 2 is 1.68 bits per heavy atom. The Labute approximate surface area is 110 Å². The summed E-state index contributed by atoms with van der Waals surface area (Å²) in [7, 11) is 0. The molecule has 0 fully saturated rings. The summed E-state index contributed by atoms with van der Waals surface area (Å²) in [5.74, 6) is 0.249. The van der Waals surface area contributed by atoms with Crippen molar-refractivity contribution in [3.63, 3.8) is 0 Å². The van der Waals surface area contributed by atoms with Crippen molar-refractivity contribution >= 4 is 0 Å². The molecule has 0 saturated carbocycles. The Morgan fingerprint density at radius 3 is 2.16 bits per heavy atom. The van der Waals surface area contributed by atoms with Gasteiger partial charge in [0, 0.05) is 5.56 Å². The lowest BCUT2D eigenvalue weighted by Crippen LogP contribution is -2.39. The zero-order chi connectivity index (χ0) is 14.7. The molecule has 1 aromatic rings. The van der Waals surface area contributed by atoms with Gasteiger partial charge in [0.05, 0.1) is 13.2 Å². The first-order valence-corrected chi connectivity index (χ1v) is 5.93. The largest absolute Gasteiger partial charge is 0.494 e. The maximum Gasteiger partial charge on any atom is 0.421 e. The second kappa shape index (κ2) is 5.69. The Hall–Kier alpha value is -1.43. The van der Waals surface area contributed by atoms with E-state index in [1.165, 1.54) is 12.1 Å². The lowest BCUT2D eigenvalue weighted by Gasteiger charge is -2.28. The Kier molecular flexibility index (Phi) is 4.68. The van der Waals surface area contributed by atoms with Gasteiger partial charge < -0.3 is 14.6 Å². The van der Waals surface area contributed by atoms with Crippen LogP contribution in [0.2, 0.25) is 0 Å². The summed E-state index contributed by atoms with van der Waals surface area (Å²) >= 11 is 0. The molecule has 0 bridgehead atoms. The molecule has 1 unspecified atom stereocenters. The van der Waals surface area contributed by atoms with E-state index in [-0.39, 0.29) is 23.7 Å². The van der Waals surface area contributed by atoms with Crippen LogP contribution in [-0.2, 0) is 5.60 Å². The van der Waals surface area contributed by atoms with E-state index in [4.69, 9.17) is 9.47 Å². The predicted octanol–water partition coefficient (Wildman–Crippen LogP) is 3.25. The number of halogens is 3. The second-order valence-electron chi connectivity index (χ2n) is 4.09. The maximum atomic E-state index is 12.9. The number of alkyl halides is 3. The van der Waals surface area contributed by atoms with Crippen LogP contribution < -0.4 is 9.47 Å². The molecular formula is C13H17F3O3. The van der Waals surface area contributed by atoms with Crippen molar-refractivity contribution in [2.75, 3.05) is 13.2 Å². The van der Waals surface area contributed by atoms with Crippen LogP contribution in [0.3, 0.4) is 0 Å². The molecule has 19 heavy (non-hydrogen) atoms. The first-order valence-electron chi connectivity index (χ1n) is 5.93. The summed E-state index contributed by atoms with van der Waals surface area (Å²) in [6.45, 7) is 4.59. The molecular weight excluding hydrogens is 261 g/mol. The van der Waals surface area contributed by atoms with Gasteiger partial charge in [0.15, 0.2) is 5.60 Å². The molecule has 0 saturated heterocycles. The lowest BCUT2D eigenvalue weighted by molar-refractivity contribution is -0.259. The summed E-state index contributed by atoms with van der Waals surface area (Å²) in [6.07, 6.45) is -4.80. The van der Waals surface area contributed by atoms with Gasteiger partial charge in [0.25, 0.3) is 0 Å². The maximum absolute atomic E-state index is 12.9. The molecule has 0 spiro atoms. The van der Waals surface area contributed by atoms with E-state index < -0.39 is 11.8 Å². The first-order chi connectivity index (χ1) is 8.74. The summed E-state index contributed by atoms with van der Waals surface area (Å²) in [5.41, 5.74) is -3.35. The minimum Gasteiger partial charge on any atom is -0.494 e. The normalized spacial score (nSPS) is 14.9. The number of ether oxygens (including phenoxy) is 2. The Balaban J connectivity index is 3.31. The third kappa shape index (κ3) is 3.32. The van der Waals surface area contributed by atoms with Crippen LogP contribution in [0.25, 0.3) is 0 Å². The highest BCUT2D eigenvalue weighted by molar-refractivity contribution is 5.44. The van der Waals surface area contributed by atoms with Gasteiger partial charge in [-0.1, -0.05) is 0 Å². The fraction of sp³-hybridized carbons (Fsp3) is 0.538. The topological polar surface area (TPSA) is 38.7 Å². The van der Waals surface area contributed by atoms with Crippen LogP contribution in [0.1, 0.15) is 26.3 Å². The molecule has 1 aromatic carbocycles. The number of hydrogen-bond donors (Lipinski definition) is 1. The van der Waals surface area contributed by atoms with E-state index in [0.29, 0.717) is 13.5 Å². The summed E-state index contributed by atoms with van der Waals surface area (Å²) in [6, 6.07) is 4.02. The van der Waals surface area contributed by atoms with E-state index in [2.05, 4.69) is 0 Å². The van der Waals surface area contributed by atoms with E-state index >= 15 is 0 Å². The SMILES string of the molecule is CCOc1ccc(OCC)c(C(C)(O)C(F)(F)F)c1. The van der Waals surface area contributed by atoms with Crippen molar-refractivity contribution in [1.82, 2.24) is 0 Å². The van der Waals surface area contributed by atoms with Crippen molar-refractivity contribution in [3.8, 4) is 11.5 Å². The highest BCUT2D eigenvalue weighted by Gasteiger charge is 2.52. The molecule has 6 heteroatoms. The Morgan fingerprint density at radius 1 is 1.11 bits per heavy atom. The zero-order valence-electron chi connectivity index (χ0n) is 11.0. The van der Waals surface area contributed by atoms with Crippen LogP contribution in [0.15, 0.2) is 18.2 Å². The molecule has 1 N–H and O–H groups in total. The molecule has 0 aliphatic rings. The van der Waals surface area contributed by atoms with Crippen molar-refractivity contribution < 1.29 is 27.8 Å². The zero-order valence-corrected chi connectivity index (χ0v) is 11.0. The second-order valence-corrected chi connectivity index (χ2v) is 4.09. The van der Waals surface area contributed by atoms with E-state index in [9.17, 15) is 18.3 Å². The molecule has 0 radical (unpaired) electrons.